The normalized spacial score (nSPS) is 11.6. The zero-order valence-electron chi connectivity index (χ0n) is 17.0. The number of carbonyl (C=O) groups excluding carboxylic acids is 1. The van der Waals surface area contributed by atoms with Crippen LogP contribution < -0.4 is 5.32 Å². The first-order chi connectivity index (χ1) is 14.4. The fraction of sp³-hybridized carbons (Fsp3) is 0.208. The topological polar surface area (TPSA) is 79.5 Å². The van der Waals surface area contributed by atoms with Gasteiger partial charge in [-0.05, 0) is 46.5 Å². The Labute approximate surface area is 175 Å². The SMILES string of the molecule is CC(C)(CO)c1cccc(NC(=O)Cc2ccc(-c3ccn4ncnc4c3)cc2)c1. The maximum absolute atomic E-state index is 12.5. The Bertz CT molecular complexity index is 1180. The summed E-state index contributed by atoms with van der Waals surface area (Å²) in [5.74, 6) is -0.0772. The molecule has 0 atom stereocenters. The summed E-state index contributed by atoms with van der Waals surface area (Å²) < 4.78 is 1.72. The van der Waals surface area contributed by atoms with Gasteiger partial charge in [0.15, 0.2) is 5.65 Å². The molecule has 1 amide bonds. The van der Waals surface area contributed by atoms with Crippen molar-refractivity contribution in [3.8, 4) is 11.1 Å². The van der Waals surface area contributed by atoms with Crippen molar-refractivity contribution in [2.24, 2.45) is 0 Å². The van der Waals surface area contributed by atoms with Gasteiger partial charge in [-0.2, -0.15) is 5.10 Å². The van der Waals surface area contributed by atoms with Crippen molar-refractivity contribution >= 4 is 17.2 Å². The summed E-state index contributed by atoms with van der Waals surface area (Å²) in [5, 5.41) is 16.6. The van der Waals surface area contributed by atoms with Crippen molar-refractivity contribution in [1.82, 2.24) is 14.6 Å². The molecule has 2 N–H and O–H groups in total. The number of hydrogen-bond acceptors (Lipinski definition) is 4. The van der Waals surface area contributed by atoms with E-state index in [-0.39, 0.29) is 24.3 Å². The van der Waals surface area contributed by atoms with Gasteiger partial charge in [0.05, 0.1) is 13.0 Å². The fourth-order valence-corrected chi connectivity index (χ4v) is 3.31. The number of pyridine rings is 1. The smallest absolute Gasteiger partial charge is 0.228 e. The zero-order valence-corrected chi connectivity index (χ0v) is 17.0. The second kappa shape index (κ2) is 8.08. The van der Waals surface area contributed by atoms with Crippen LogP contribution in [-0.4, -0.2) is 32.2 Å². The zero-order chi connectivity index (χ0) is 21.1. The standard InChI is InChI=1S/C24H24N4O2/c1-24(2,15-29)20-4-3-5-21(14-20)27-23(30)12-17-6-8-18(9-7-17)19-10-11-28-22(13-19)25-16-26-28/h3-11,13-14,16,29H,12,15H2,1-2H3,(H,27,30). The lowest BCUT2D eigenvalue weighted by Gasteiger charge is -2.22. The summed E-state index contributed by atoms with van der Waals surface area (Å²) in [5.41, 5.74) is 5.20. The lowest BCUT2D eigenvalue weighted by Crippen LogP contribution is -2.22. The summed E-state index contributed by atoms with van der Waals surface area (Å²) in [6.07, 6.45) is 3.70. The van der Waals surface area contributed by atoms with E-state index in [1.165, 1.54) is 6.33 Å². The number of aliphatic hydroxyl groups is 1. The Kier molecular flexibility index (Phi) is 5.33. The van der Waals surface area contributed by atoms with Crippen molar-refractivity contribution in [2.45, 2.75) is 25.7 Å². The van der Waals surface area contributed by atoms with Gasteiger partial charge in [0, 0.05) is 17.3 Å². The van der Waals surface area contributed by atoms with E-state index in [1.54, 1.807) is 4.52 Å². The highest BCUT2D eigenvalue weighted by molar-refractivity contribution is 5.92. The predicted octanol–water partition coefficient (Wildman–Crippen LogP) is 3.85. The minimum atomic E-state index is -0.355. The van der Waals surface area contributed by atoms with Crippen LogP contribution in [0.2, 0.25) is 0 Å². The number of aromatic nitrogens is 3. The van der Waals surface area contributed by atoms with Gasteiger partial charge in [-0.25, -0.2) is 9.50 Å². The van der Waals surface area contributed by atoms with E-state index in [4.69, 9.17) is 0 Å². The van der Waals surface area contributed by atoms with Crippen molar-refractivity contribution < 1.29 is 9.90 Å². The Hall–Kier alpha value is -3.51. The van der Waals surface area contributed by atoms with Gasteiger partial charge >= 0.3 is 0 Å². The summed E-state index contributed by atoms with van der Waals surface area (Å²) in [7, 11) is 0. The number of carbonyl (C=O) groups is 1. The number of fused-ring (bicyclic) bond motifs is 1. The minimum Gasteiger partial charge on any atom is -0.395 e. The van der Waals surface area contributed by atoms with Gasteiger partial charge in [-0.15, -0.1) is 0 Å². The molecule has 0 fully saturated rings. The number of rotatable bonds is 6. The quantitative estimate of drug-likeness (QED) is 0.515. The fourth-order valence-electron chi connectivity index (χ4n) is 3.31. The number of nitrogens with one attached hydrogen (secondary N) is 1. The Balaban J connectivity index is 1.43. The maximum Gasteiger partial charge on any atom is 0.228 e. The third-order valence-corrected chi connectivity index (χ3v) is 5.26. The molecule has 30 heavy (non-hydrogen) atoms. The average Bonchev–Trinajstić information content (AvgIpc) is 3.22. The number of amides is 1. The van der Waals surface area contributed by atoms with Crippen LogP contribution in [0, 0.1) is 0 Å². The van der Waals surface area contributed by atoms with Crippen molar-refractivity contribution in [1.29, 1.82) is 0 Å². The first kappa shape index (κ1) is 19.8. The third kappa shape index (κ3) is 4.23. The van der Waals surface area contributed by atoms with E-state index < -0.39 is 0 Å². The first-order valence-electron chi connectivity index (χ1n) is 9.84. The van der Waals surface area contributed by atoms with Crippen molar-refractivity contribution in [3.05, 3.63) is 84.3 Å². The van der Waals surface area contributed by atoms with Gasteiger partial charge in [0.25, 0.3) is 0 Å². The van der Waals surface area contributed by atoms with E-state index in [2.05, 4.69) is 15.4 Å². The molecule has 0 aliphatic rings. The number of anilines is 1. The molecule has 4 aromatic rings. The van der Waals surface area contributed by atoms with E-state index in [9.17, 15) is 9.90 Å². The molecule has 2 aromatic carbocycles. The monoisotopic (exact) mass is 400 g/mol. The molecule has 0 spiro atoms. The van der Waals surface area contributed by atoms with Gasteiger partial charge < -0.3 is 10.4 Å². The molecule has 4 rings (SSSR count). The molecule has 0 saturated carbocycles. The predicted molar refractivity (Wildman–Crippen MR) is 117 cm³/mol. The van der Waals surface area contributed by atoms with Gasteiger partial charge in [-0.3, -0.25) is 4.79 Å². The van der Waals surface area contributed by atoms with Crippen LogP contribution in [-0.2, 0) is 16.6 Å². The molecule has 6 heteroatoms. The van der Waals surface area contributed by atoms with Crippen LogP contribution in [0.1, 0.15) is 25.0 Å². The largest absolute Gasteiger partial charge is 0.395 e. The lowest BCUT2D eigenvalue weighted by atomic mass is 9.85. The van der Waals surface area contributed by atoms with Crippen LogP contribution in [0.25, 0.3) is 16.8 Å². The molecular weight excluding hydrogens is 376 g/mol. The highest BCUT2D eigenvalue weighted by atomic mass is 16.3. The second-order valence-corrected chi connectivity index (χ2v) is 8.02. The molecule has 0 saturated heterocycles. The molecule has 2 aromatic heterocycles. The lowest BCUT2D eigenvalue weighted by molar-refractivity contribution is -0.115. The minimum absolute atomic E-state index is 0.0424. The Morgan fingerprint density at radius 3 is 2.63 bits per heavy atom. The van der Waals surface area contributed by atoms with E-state index in [0.717, 1.165) is 33.6 Å². The van der Waals surface area contributed by atoms with E-state index in [0.29, 0.717) is 0 Å². The molecule has 0 unspecified atom stereocenters. The highest BCUT2D eigenvalue weighted by Gasteiger charge is 2.19. The number of benzene rings is 2. The number of aliphatic hydroxyl groups excluding tert-OH is 1. The Morgan fingerprint density at radius 2 is 1.87 bits per heavy atom. The summed E-state index contributed by atoms with van der Waals surface area (Å²) in [6.45, 7) is 3.98. The first-order valence-corrected chi connectivity index (χ1v) is 9.84. The third-order valence-electron chi connectivity index (χ3n) is 5.26. The van der Waals surface area contributed by atoms with Crippen molar-refractivity contribution in [2.75, 3.05) is 11.9 Å². The number of nitrogens with zero attached hydrogens (tertiary/aromatic N) is 3. The van der Waals surface area contributed by atoms with Gasteiger partial charge in [0.2, 0.25) is 5.91 Å². The molecule has 0 aliphatic heterocycles. The van der Waals surface area contributed by atoms with Crippen LogP contribution in [0.15, 0.2) is 73.2 Å². The molecular formula is C24H24N4O2. The van der Waals surface area contributed by atoms with Crippen LogP contribution in [0.3, 0.4) is 0 Å². The summed E-state index contributed by atoms with van der Waals surface area (Å²) in [4.78, 5) is 16.7. The second-order valence-electron chi connectivity index (χ2n) is 8.02. The van der Waals surface area contributed by atoms with Crippen LogP contribution >= 0.6 is 0 Å². The molecule has 6 nitrogen and oxygen atoms in total. The van der Waals surface area contributed by atoms with Gasteiger partial charge in [-0.1, -0.05) is 50.2 Å². The molecule has 152 valence electrons. The van der Waals surface area contributed by atoms with Gasteiger partial charge in [0.1, 0.15) is 6.33 Å². The summed E-state index contributed by atoms with van der Waals surface area (Å²) >= 11 is 0. The van der Waals surface area contributed by atoms with Crippen LogP contribution in [0.5, 0.6) is 0 Å². The molecule has 0 aliphatic carbocycles. The molecule has 2 heterocycles. The molecule has 0 bridgehead atoms. The van der Waals surface area contributed by atoms with E-state index >= 15 is 0 Å². The molecule has 0 radical (unpaired) electrons. The highest BCUT2D eigenvalue weighted by Crippen LogP contribution is 2.25. The van der Waals surface area contributed by atoms with Crippen LogP contribution in [0.4, 0.5) is 5.69 Å². The maximum atomic E-state index is 12.5. The Morgan fingerprint density at radius 1 is 1.07 bits per heavy atom. The average molecular weight is 400 g/mol. The van der Waals surface area contributed by atoms with Crippen molar-refractivity contribution in [3.63, 3.8) is 0 Å². The number of hydrogen-bond donors (Lipinski definition) is 2. The van der Waals surface area contributed by atoms with E-state index in [1.807, 2.05) is 80.7 Å². The summed E-state index contributed by atoms with van der Waals surface area (Å²) in [6, 6.07) is 19.5.